The molecule has 0 radical (unpaired) electrons. The molecule has 0 aliphatic rings. The SMILES string of the molecule is Cc1cccc(C(O)CNC(=O)Cn2nc3ccccn3c2=O)c1. The lowest BCUT2D eigenvalue weighted by Crippen LogP contribution is -2.34. The molecule has 1 aromatic carbocycles. The van der Waals surface area contributed by atoms with Gasteiger partial charge in [0.05, 0.1) is 6.10 Å². The van der Waals surface area contributed by atoms with E-state index in [0.29, 0.717) is 5.65 Å². The second-order valence-corrected chi connectivity index (χ2v) is 5.60. The van der Waals surface area contributed by atoms with E-state index in [0.717, 1.165) is 15.8 Å². The summed E-state index contributed by atoms with van der Waals surface area (Å²) in [5, 5.41) is 16.8. The van der Waals surface area contributed by atoms with Crippen molar-refractivity contribution in [1.29, 1.82) is 0 Å². The molecule has 0 bridgehead atoms. The highest BCUT2D eigenvalue weighted by Gasteiger charge is 2.13. The van der Waals surface area contributed by atoms with E-state index in [9.17, 15) is 14.7 Å². The van der Waals surface area contributed by atoms with Crippen molar-refractivity contribution in [3.05, 3.63) is 70.3 Å². The van der Waals surface area contributed by atoms with Crippen molar-refractivity contribution in [3.63, 3.8) is 0 Å². The minimum absolute atomic E-state index is 0.0738. The van der Waals surface area contributed by atoms with Crippen LogP contribution < -0.4 is 11.0 Å². The van der Waals surface area contributed by atoms with Crippen molar-refractivity contribution >= 4 is 11.6 Å². The third-order valence-corrected chi connectivity index (χ3v) is 3.70. The summed E-state index contributed by atoms with van der Waals surface area (Å²) < 4.78 is 2.47. The van der Waals surface area contributed by atoms with E-state index in [2.05, 4.69) is 10.4 Å². The van der Waals surface area contributed by atoms with Crippen LogP contribution in [-0.4, -0.2) is 31.7 Å². The Morgan fingerprint density at radius 3 is 2.88 bits per heavy atom. The molecule has 0 aliphatic heterocycles. The molecule has 2 heterocycles. The predicted octanol–water partition coefficient (Wildman–Crippen LogP) is 0.654. The lowest BCUT2D eigenvalue weighted by atomic mass is 10.1. The summed E-state index contributed by atoms with van der Waals surface area (Å²) in [7, 11) is 0. The fourth-order valence-corrected chi connectivity index (χ4v) is 2.47. The van der Waals surface area contributed by atoms with E-state index in [1.54, 1.807) is 30.5 Å². The number of aryl methyl sites for hydroxylation is 1. The molecule has 3 aromatic rings. The summed E-state index contributed by atoms with van der Waals surface area (Å²) in [5.74, 6) is -0.382. The number of hydrogen-bond donors (Lipinski definition) is 2. The van der Waals surface area contributed by atoms with E-state index in [1.807, 2.05) is 25.1 Å². The predicted molar refractivity (Wildman–Crippen MR) is 88.6 cm³/mol. The van der Waals surface area contributed by atoms with E-state index < -0.39 is 6.10 Å². The van der Waals surface area contributed by atoms with Crippen molar-refractivity contribution in [2.24, 2.45) is 0 Å². The first-order valence-electron chi connectivity index (χ1n) is 7.60. The maximum atomic E-state index is 12.1. The number of nitrogens with zero attached hydrogens (tertiary/aromatic N) is 3. The number of rotatable bonds is 5. The van der Waals surface area contributed by atoms with E-state index >= 15 is 0 Å². The maximum absolute atomic E-state index is 12.1. The molecule has 1 unspecified atom stereocenters. The van der Waals surface area contributed by atoms with Gasteiger partial charge in [-0.3, -0.25) is 9.20 Å². The Balaban J connectivity index is 1.63. The second kappa shape index (κ2) is 6.67. The van der Waals surface area contributed by atoms with E-state index in [-0.39, 0.29) is 24.7 Å². The molecule has 24 heavy (non-hydrogen) atoms. The van der Waals surface area contributed by atoms with E-state index in [1.165, 1.54) is 4.40 Å². The summed E-state index contributed by atoms with van der Waals surface area (Å²) >= 11 is 0. The van der Waals surface area contributed by atoms with Crippen molar-refractivity contribution in [2.45, 2.75) is 19.6 Å². The molecule has 0 saturated carbocycles. The Hall–Kier alpha value is -2.93. The van der Waals surface area contributed by atoms with Crippen LogP contribution in [0.5, 0.6) is 0 Å². The van der Waals surface area contributed by atoms with Crippen molar-refractivity contribution < 1.29 is 9.90 Å². The molecule has 0 saturated heterocycles. The van der Waals surface area contributed by atoms with Gasteiger partial charge in [-0.05, 0) is 24.6 Å². The van der Waals surface area contributed by atoms with Gasteiger partial charge in [0.25, 0.3) is 0 Å². The summed E-state index contributed by atoms with van der Waals surface area (Å²) in [6.07, 6.45) is 0.798. The fraction of sp³-hybridized carbons (Fsp3) is 0.235. The topological polar surface area (TPSA) is 88.6 Å². The van der Waals surface area contributed by atoms with Gasteiger partial charge in [0.15, 0.2) is 5.65 Å². The highest BCUT2D eigenvalue weighted by Crippen LogP contribution is 2.13. The number of fused-ring (bicyclic) bond motifs is 1. The Bertz CT molecular complexity index is 929. The summed E-state index contributed by atoms with van der Waals surface area (Å²) in [6.45, 7) is 1.82. The number of aliphatic hydroxyl groups excluding tert-OH is 1. The lowest BCUT2D eigenvalue weighted by Gasteiger charge is -2.12. The van der Waals surface area contributed by atoms with Gasteiger partial charge in [-0.2, -0.15) is 0 Å². The maximum Gasteiger partial charge on any atom is 0.350 e. The Morgan fingerprint density at radius 2 is 2.12 bits per heavy atom. The number of pyridine rings is 1. The van der Waals surface area contributed by atoms with Gasteiger partial charge in [0.2, 0.25) is 5.91 Å². The number of carbonyl (C=O) groups excluding carboxylic acids is 1. The Labute approximate surface area is 138 Å². The van der Waals surface area contributed by atoms with Crippen molar-refractivity contribution in [1.82, 2.24) is 19.5 Å². The average molecular weight is 326 g/mol. The van der Waals surface area contributed by atoms with Gasteiger partial charge >= 0.3 is 5.69 Å². The van der Waals surface area contributed by atoms with Crippen LogP contribution in [0.25, 0.3) is 5.65 Å². The molecule has 2 aromatic heterocycles. The molecule has 7 nitrogen and oxygen atoms in total. The number of aromatic nitrogens is 3. The molecule has 3 rings (SSSR count). The molecule has 0 aliphatic carbocycles. The van der Waals surface area contributed by atoms with Gasteiger partial charge in [0, 0.05) is 12.7 Å². The van der Waals surface area contributed by atoms with E-state index in [4.69, 9.17) is 0 Å². The van der Waals surface area contributed by atoms with Crippen LogP contribution in [0.4, 0.5) is 0 Å². The first-order chi connectivity index (χ1) is 11.5. The quantitative estimate of drug-likeness (QED) is 0.721. The highest BCUT2D eigenvalue weighted by atomic mass is 16.3. The van der Waals surface area contributed by atoms with Crippen LogP contribution in [0.15, 0.2) is 53.5 Å². The second-order valence-electron chi connectivity index (χ2n) is 5.60. The van der Waals surface area contributed by atoms with Gasteiger partial charge in [0.1, 0.15) is 6.54 Å². The normalized spacial score (nSPS) is 12.2. The smallest absolute Gasteiger partial charge is 0.350 e. The van der Waals surface area contributed by atoms with Gasteiger partial charge < -0.3 is 10.4 Å². The number of carbonyl (C=O) groups is 1. The summed E-state index contributed by atoms with van der Waals surface area (Å²) in [6, 6.07) is 12.6. The van der Waals surface area contributed by atoms with Gasteiger partial charge in [-0.1, -0.05) is 35.9 Å². The minimum atomic E-state index is -0.799. The molecule has 2 N–H and O–H groups in total. The average Bonchev–Trinajstić information content (AvgIpc) is 2.89. The summed E-state index contributed by atoms with van der Waals surface area (Å²) in [5.41, 5.74) is 1.88. The van der Waals surface area contributed by atoms with Crippen molar-refractivity contribution in [3.8, 4) is 0 Å². The zero-order chi connectivity index (χ0) is 17.1. The lowest BCUT2D eigenvalue weighted by molar-refractivity contribution is -0.122. The number of benzene rings is 1. The molecule has 7 heteroatoms. The Morgan fingerprint density at radius 1 is 1.29 bits per heavy atom. The molecule has 0 fully saturated rings. The Kier molecular flexibility index (Phi) is 4.43. The highest BCUT2D eigenvalue weighted by molar-refractivity contribution is 5.75. The van der Waals surface area contributed by atoms with Gasteiger partial charge in [-0.25, -0.2) is 9.48 Å². The molecule has 0 spiro atoms. The number of aliphatic hydroxyl groups is 1. The third kappa shape index (κ3) is 3.36. The van der Waals surface area contributed by atoms with Crippen LogP contribution in [0, 0.1) is 6.92 Å². The van der Waals surface area contributed by atoms with Crippen LogP contribution in [-0.2, 0) is 11.3 Å². The number of nitrogens with one attached hydrogen (secondary N) is 1. The van der Waals surface area contributed by atoms with Crippen LogP contribution in [0.1, 0.15) is 17.2 Å². The fourth-order valence-electron chi connectivity index (χ4n) is 2.47. The first kappa shape index (κ1) is 15.9. The molecule has 1 amide bonds. The minimum Gasteiger partial charge on any atom is -0.387 e. The molecular formula is C17H18N4O3. The van der Waals surface area contributed by atoms with Crippen molar-refractivity contribution in [2.75, 3.05) is 6.54 Å². The van der Waals surface area contributed by atoms with Crippen LogP contribution in [0.2, 0.25) is 0 Å². The third-order valence-electron chi connectivity index (χ3n) is 3.70. The monoisotopic (exact) mass is 326 g/mol. The zero-order valence-corrected chi connectivity index (χ0v) is 13.2. The molecule has 1 atom stereocenters. The molecular weight excluding hydrogens is 308 g/mol. The number of hydrogen-bond acceptors (Lipinski definition) is 4. The van der Waals surface area contributed by atoms with Gasteiger partial charge in [-0.15, -0.1) is 5.10 Å². The summed E-state index contributed by atoms with van der Waals surface area (Å²) in [4.78, 5) is 24.1. The zero-order valence-electron chi connectivity index (χ0n) is 13.2. The standard InChI is InChI=1S/C17H18N4O3/c1-12-5-4-6-13(9-12)14(22)10-18-16(23)11-21-17(24)20-8-3-2-7-15(20)19-21/h2-9,14,22H,10-11H2,1H3,(H,18,23). The largest absolute Gasteiger partial charge is 0.387 e. The number of amides is 1. The van der Waals surface area contributed by atoms with Crippen LogP contribution >= 0.6 is 0 Å². The van der Waals surface area contributed by atoms with Crippen LogP contribution in [0.3, 0.4) is 0 Å². The molecule has 124 valence electrons. The first-order valence-corrected chi connectivity index (χ1v) is 7.60.